The number of carbonyl (C=O) groups is 3. The van der Waals surface area contributed by atoms with E-state index in [1.807, 2.05) is 0 Å². The third kappa shape index (κ3) is 3.75. The predicted molar refractivity (Wildman–Crippen MR) is 88.2 cm³/mol. The normalized spacial score (nSPS) is 16.2. The summed E-state index contributed by atoms with van der Waals surface area (Å²) in [6.07, 6.45) is 3.51. The van der Waals surface area contributed by atoms with Crippen molar-refractivity contribution in [2.24, 2.45) is 0 Å². The average Bonchev–Trinajstić information content (AvgIpc) is 2.59. The first-order valence-electron chi connectivity index (χ1n) is 8.11. The summed E-state index contributed by atoms with van der Waals surface area (Å²) in [5.41, 5.74) is -0.637. The molecule has 1 N–H and O–H groups in total. The zero-order valence-corrected chi connectivity index (χ0v) is 14.1. The number of ketones is 1. The van der Waals surface area contributed by atoms with E-state index in [0.717, 1.165) is 19.3 Å². The number of Topliss-reactive ketones (excluding diaryl/α,β-unsaturated/α-hetero) is 1. The molecule has 0 radical (unpaired) electrons. The molecule has 0 aliphatic heterocycles. The highest BCUT2D eigenvalue weighted by atomic mass is 16.5. The SMILES string of the molecule is CC(=O)c1cccc(OCC(=O)N(C)C2(C(=O)O)CCCCC2)c1. The topological polar surface area (TPSA) is 83.9 Å². The zero-order valence-electron chi connectivity index (χ0n) is 14.1. The summed E-state index contributed by atoms with van der Waals surface area (Å²) in [5, 5.41) is 9.62. The molecule has 6 nitrogen and oxygen atoms in total. The van der Waals surface area contributed by atoms with Crippen molar-refractivity contribution >= 4 is 17.7 Å². The number of carboxylic acid groups (broad SMARTS) is 1. The van der Waals surface area contributed by atoms with E-state index in [-0.39, 0.29) is 18.3 Å². The standard InChI is InChI=1S/C18H23NO5/c1-13(20)14-7-6-8-15(11-14)24-12-16(21)19(2)18(17(22)23)9-4-3-5-10-18/h6-8,11H,3-5,9-10,12H2,1-2H3,(H,22,23). The van der Waals surface area contributed by atoms with Gasteiger partial charge in [-0.15, -0.1) is 0 Å². The number of aliphatic carboxylic acids is 1. The highest BCUT2D eigenvalue weighted by Gasteiger charge is 2.45. The minimum Gasteiger partial charge on any atom is -0.484 e. The van der Waals surface area contributed by atoms with Crippen molar-refractivity contribution in [3.8, 4) is 5.75 Å². The maximum atomic E-state index is 12.4. The van der Waals surface area contributed by atoms with Crippen LogP contribution in [0.4, 0.5) is 0 Å². The molecule has 1 aliphatic carbocycles. The maximum Gasteiger partial charge on any atom is 0.329 e. The Labute approximate surface area is 141 Å². The van der Waals surface area contributed by atoms with Crippen molar-refractivity contribution in [2.75, 3.05) is 13.7 Å². The molecule has 24 heavy (non-hydrogen) atoms. The molecule has 1 fully saturated rings. The molecule has 1 aromatic carbocycles. The van der Waals surface area contributed by atoms with Gasteiger partial charge in [-0.2, -0.15) is 0 Å². The van der Waals surface area contributed by atoms with Gasteiger partial charge in [0.15, 0.2) is 12.4 Å². The summed E-state index contributed by atoms with van der Waals surface area (Å²) in [6.45, 7) is 1.20. The molecule has 0 spiro atoms. The minimum absolute atomic E-state index is 0.0871. The van der Waals surface area contributed by atoms with Crippen molar-refractivity contribution in [1.82, 2.24) is 4.90 Å². The Morgan fingerprint density at radius 2 is 1.88 bits per heavy atom. The number of benzene rings is 1. The third-order valence-electron chi connectivity index (χ3n) is 4.70. The van der Waals surface area contributed by atoms with E-state index in [1.165, 1.54) is 18.9 Å². The highest BCUT2D eigenvalue weighted by Crippen LogP contribution is 2.33. The highest BCUT2D eigenvalue weighted by molar-refractivity contribution is 5.94. The number of rotatable bonds is 6. The molecule has 6 heteroatoms. The monoisotopic (exact) mass is 333 g/mol. The van der Waals surface area contributed by atoms with E-state index in [1.54, 1.807) is 24.3 Å². The van der Waals surface area contributed by atoms with Gasteiger partial charge in [0.1, 0.15) is 11.3 Å². The van der Waals surface area contributed by atoms with Crippen LogP contribution in [-0.4, -0.2) is 46.9 Å². The van der Waals surface area contributed by atoms with Crippen LogP contribution in [0.2, 0.25) is 0 Å². The molecule has 0 saturated heterocycles. The lowest BCUT2D eigenvalue weighted by Gasteiger charge is -2.40. The number of hydrogen-bond acceptors (Lipinski definition) is 4. The molecule has 0 heterocycles. The molecule has 0 atom stereocenters. The van der Waals surface area contributed by atoms with Crippen molar-refractivity contribution in [1.29, 1.82) is 0 Å². The first-order chi connectivity index (χ1) is 11.4. The third-order valence-corrected chi connectivity index (χ3v) is 4.70. The van der Waals surface area contributed by atoms with Crippen LogP contribution < -0.4 is 4.74 Å². The second kappa shape index (κ2) is 7.47. The molecule has 2 rings (SSSR count). The lowest BCUT2D eigenvalue weighted by molar-refractivity contribution is -0.161. The smallest absolute Gasteiger partial charge is 0.329 e. The summed E-state index contributed by atoms with van der Waals surface area (Å²) in [4.78, 5) is 36.8. The summed E-state index contributed by atoms with van der Waals surface area (Å²) < 4.78 is 5.46. The molecule has 1 amide bonds. The van der Waals surface area contributed by atoms with Gasteiger partial charge in [0.25, 0.3) is 5.91 Å². The lowest BCUT2D eigenvalue weighted by Crippen LogP contribution is -2.57. The number of hydrogen-bond donors (Lipinski definition) is 1. The summed E-state index contributed by atoms with van der Waals surface area (Å²) in [5.74, 6) is -1.02. The number of carboxylic acids is 1. The van der Waals surface area contributed by atoms with Gasteiger partial charge in [-0.05, 0) is 31.9 Å². The van der Waals surface area contributed by atoms with Gasteiger partial charge in [-0.1, -0.05) is 31.4 Å². The van der Waals surface area contributed by atoms with E-state index in [0.29, 0.717) is 24.2 Å². The van der Waals surface area contributed by atoms with Crippen molar-refractivity contribution < 1.29 is 24.2 Å². The predicted octanol–water partition coefficient (Wildman–Crippen LogP) is 2.51. The zero-order chi connectivity index (χ0) is 17.7. The lowest BCUT2D eigenvalue weighted by atomic mass is 9.80. The van der Waals surface area contributed by atoms with Crippen molar-refractivity contribution in [2.45, 2.75) is 44.6 Å². The van der Waals surface area contributed by atoms with Crippen LogP contribution in [0, 0.1) is 0 Å². The summed E-state index contributed by atoms with van der Waals surface area (Å²) in [7, 11) is 1.52. The molecule has 0 unspecified atom stereocenters. The van der Waals surface area contributed by atoms with Gasteiger partial charge in [0, 0.05) is 12.6 Å². The number of likely N-dealkylation sites (N-methyl/N-ethyl adjacent to an activating group) is 1. The van der Waals surface area contributed by atoms with E-state index in [2.05, 4.69) is 0 Å². The van der Waals surface area contributed by atoms with Gasteiger partial charge in [-0.25, -0.2) is 4.79 Å². The Bertz CT molecular complexity index is 634. The van der Waals surface area contributed by atoms with Crippen LogP contribution in [0.15, 0.2) is 24.3 Å². The van der Waals surface area contributed by atoms with Gasteiger partial charge in [0.2, 0.25) is 0 Å². The number of nitrogens with zero attached hydrogens (tertiary/aromatic N) is 1. The second-order valence-electron chi connectivity index (χ2n) is 6.22. The van der Waals surface area contributed by atoms with E-state index >= 15 is 0 Å². The minimum atomic E-state index is -1.14. The fourth-order valence-corrected chi connectivity index (χ4v) is 3.11. The fraction of sp³-hybridized carbons (Fsp3) is 0.500. The quantitative estimate of drug-likeness (QED) is 0.809. The Kier molecular flexibility index (Phi) is 5.59. The van der Waals surface area contributed by atoms with E-state index < -0.39 is 11.5 Å². The van der Waals surface area contributed by atoms with Crippen LogP contribution >= 0.6 is 0 Å². The van der Waals surface area contributed by atoms with Gasteiger partial charge < -0.3 is 14.7 Å². The van der Waals surface area contributed by atoms with Crippen LogP contribution in [-0.2, 0) is 9.59 Å². The molecule has 1 aliphatic rings. The Morgan fingerprint density at radius 3 is 2.46 bits per heavy atom. The molecule has 0 bridgehead atoms. The molecule has 1 saturated carbocycles. The Hall–Kier alpha value is -2.37. The molecular formula is C18H23NO5. The fourth-order valence-electron chi connectivity index (χ4n) is 3.11. The van der Waals surface area contributed by atoms with Crippen LogP contribution in [0.1, 0.15) is 49.4 Å². The summed E-state index contributed by atoms with van der Waals surface area (Å²) >= 11 is 0. The molecule has 130 valence electrons. The summed E-state index contributed by atoms with van der Waals surface area (Å²) in [6, 6.07) is 6.58. The second-order valence-corrected chi connectivity index (χ2v) is 6.22. The molecule has 1 aromatic rings. The maximum absolute atomic E-state index is 12.4. The first-order valence-corrected chi connectivity index (χ1v) is 8.11. The van der Waals surface area contributed by atoms with Crippen LogP contribution in [0.25, 0.3) is 0 Å². The Morgan fingerprint density at radius 1 is 1.21 bits per heavy atom. The van der Waals surface area contributed by atoms with Crippen LogP contribution in [0.3, 0.4) is 0 Å². The van der Waals surface area contributed by atoms with Gasteiger partial charge in [0.05, 0.1) is 0 Å². The van der Waals surface area contributed by atoms with Crippen LogP contribution in [0.5, 0.6) is 5.75 Å². The average molecular weight is 333 g/mol. The number of amides is 1. The van der Waals surface area contributed by atoms with Gasteiger partial charge in [-0.3, -0.25) is 9.59 Å². The van der Waals surface area contributed by atoms with E-state index in [4.69, 9.17) is 4.74 Å². The molecular weight excluding hydrogens is 310 g/mol. The Balaban J connectivity index is 2.04. The van der Waals surface area contributed by atoms with E-state index in [9.17, 15) is 19.5 Å². The largest absolute Gasteiger partial charge is 0.484 e. The van der Waals surface area contributed by atoms with Gasteiger partial charge >= 0.3 is 5.97 Å². The van der Waals surface area contributed by atoms with Crippen molar-refractivity contribution in [3.05, 3.63) is 29.8 Å². The first kappa shape index (κ1) is 18.0. The molecule has 0 aromatic heterocycles. The number of ether oxygens (including phenoxy) is 1. The number of carbonyl (C=O) groups excluding carboxylic acids is 2. The van der Waals surface area contributed by atoms with Crippen molar-refractivity contribution in [3.63, 3.8) is 0 Å².